The Bertz CT molecular complexity index is 1040. The SMILES string of the molecule is O=C(O)c1ccc(OC(F)(F)F)c(OCC2CC2)n1.O=C(O)c1ccc(OCC2CC2)c(Cl)n1. The number of alkyl halides is 3. The van der Waals surface area contributed by atoms with Gasteiger partial charge >= 0.3 is 18.3 Å². The third kappa shape index (κ3) is 8.25. The monoisotopic (exact) mass is 504 g/mol. The molecule has 0 aliphatic heterocycles. The number of carbonyl (C=O) groups is 2. The summed E-state index contributed by atoms with van der Waals surface area (Å²) in [5, 5.41) is 17.5. The highest BCUT2D eigenvalue weighted by Gasteiger charge is 2.33. The molecular formula is C21H20ClF3N2O7. The maximum Gasteiger partial charge on any atom is 0.573 e. The molecule has 0 atom stereocenters. The van der Waals surface area contributed by atoms with Crippen LogP contribution in [0.2, 0.25) is 5.15 Å². The second-order valence-corrected chi connectivity index (χ2v) is 8.01. The molecule has 0 saturated heterocycles. The molecule has 0 aromatic carbocycles. The lowest BCUT2D eigenvalue weighted by molar-refractivity contribution is -0.275. The minimum Gasteiger partial charge on any atom is -0.490 e. The maximum atomic E-state index is 12.2. The first-order valence-electron chi connectivity index (χ1n) is 10.2. The van der Waals surface area contributed by atoms with Crippen molar-refractivity contribution >= 4 is 23.5 Å². The Kier molecular flexibility index (Phi) is 8.02. The summed E-state index contributed by atoms with van der Waals surface area (Å²) in [6.07, 6.45) is -0.622. The Labute approximate surface area is 196 Å². The van der Waals surface area contributed by atoms with Gasteiger partial charge in [-0.1, -0.05) is 11.6 Å². The highest BCUT2D eigenvalue weighted by Crippen LogP contribution is 2.34. The molecule has 0 radical (unpaired) electrons. The zero-order chi connectivity index (χ0) is 24.9. The highest BCUT2D eigenvalue weighted by molar-refractivity contribution is 6.31. The van der Waals surface area contributed by atoms with E-state index >= 15 is 0 Å². The van der Waals surface area contributed by atoms with Crippen LogP contribution in [-0.2, 0) is 0 Å². The number of rotatable bonds is 9. The van der Waals surface area contributed by atoms with Gasteiger partial charge in [0.25, 0.3) is 5.88 Å². The van der Waals surface area contributed by atoms with Crippen LogP contribution in [-0.4, -0.2) is 51.7 Å². The molecule has 2 aromatic heterocycles. The zero-order valence-electron chi connectivity index (χ0n) is 17.5. The smallest absolute Gasteiger partial charge is 0.490 e. The molecule has 2 aliphatic carbocycles. The minimum atomic E-state index is -4.88. The number of pyridine rings is 2. The average Bonchev–Trinajstić information content (AvgIpc) is 3.66. The molecule has 2 aliphatic rings. The third-order valence-electron chi connectivity index (χ3n) is 4.63. The van der Waals surface area contributed by atoms with Gasteiger partial charge in [-0.15, -0.1) is 13.2 Å². The van der Waals surface area contributed by atoms with Crippen molar-refractivity contribution in [3.8, 4) is 17.4 Å². The molecule has 2 aromatic rings. The Morgan fingerprint density at radius 2 is 1.38 bits per heavy atom. The molecule has 2 N–H and O–H groups in total. The second-order valence-electron chi connectivity index (χ2n) is 7.65. The predicted molar refractivity (Wildman–Crippen MR) is 111 cm³/mol. The molecule has 0 spiro atoms. The van der Waals surface area contributed by atoms with Gasteiger partial charge in [-0.05, 0) is 61.8 Å². The van der Waals surface area contributed by atoms with Gasteiger partial charge in [-0.2, -0.15) is 0 Å². The fraction of sp³-hybridized carbons (Fsp3) is 0.429. The third-order valence-corrected chi connectivity index (χ3v) is 4.90. The summed E-state index contributed by atoms with van der Waals surface area (Å²) < 4.78 is 50.8. The van der Waals surface area contributed by atoms with Crippen molar-refractivity contribution in [1.29, 1.82) is 0 Å². The fourth-order valence-corrected chi connectivity index (χ4v) is 2.68. The fourth-order valence-electron chi connectivity index (χ4n) is 2.47. The number of hydrogen-bond donors (Lipinski definition) is 2. The standard InChI is InChI=1S/C11H10F3NO4.C10H10ClNO3/c12-11(13,14)19-8-4-3-7(10(16)17)15-9(8)18-5-6-1-2-6;11-9-8(15-5-6-1-2-6)4-3-7(12-9)10(13)14/h3-4,6H,1-2,5H2,(H,16,17);3-4,6H,1-2,5H2,(H,13,14). The van der Waals surface area contributed by atoms with E-state index in [1.54, 1.807) is 6.07 Å². The zero-order valence-corrected chi connectivity index (χ0v) is 18.3. The van der Waals surface area contributed by atoms with Gasteiger partial charge in [0, 0.05) is 0 Å². The van der Waals surface area contributed by atoms with Crippen LogP contribution < -0.4 is 14.2 Å². The molecule has 2 saturated carbocycles. The van der Waals surface area contributed by atoms with Crippen LogP contribution in [0.5, 0.6) is 17.4 Å². The van der Waals surface area contributed by atoms with Crippen molar-refractivity contribution in [2.24, 2.45) is 11.8 Å². The Morgan fingerprint density at radius 1 is 0.882 bits per heavy atom. The van der Waals surface area contributed by atoms with Crippen molar-refractivity contribution in [2.45, 2.75) is 32.0 Å². The molecule has 0 amide bonds. The first kappa shape index (κ1) is 25.3. The predicted octanol–water partition coefficient (Wildman–Crippen LogP) is 4.69. The Balaban J connectivity index is 0.000000196. The maximum absolute atomic E-state index is 12.2. The van der Waals surface area contributed by atoms with Gasteiger partial charge in [0.1, 0.15) is 5.69 Å². The molecule has 9 nitrogen and oxygen atoms in total. The summed E-state index contributed by atoms with van der Waals surface area (Å²) >= 11 is 5.78. The molecule has 2 heterocycles. The van der Waals surface area contributed by atoms with Gasteiger partial charge in [-0.3, -0.25) is 0 Å². The van der Waals surface area contributed by atoms with Gasteiger partial charge in [0.05, 0.1) is 13.2 Å². The molecule has 34 heavy (non-hydrogen) atoms. The van der Waals surface area contributed by atoms with E-state index < -0.39 is 35.6 Å². The number of hydrogen-bond acceptors (Lipinski definition) is 7. The number of carboxylic acid groups (broad SMARTS) is 2. The van der Waals surface area contributed by atoms with E-state index in [0.29, 0.717) is 18.3 Å². The van der Waals surface area contributed by atoms with E-state index in [2.05, 4.69) is 14.7 Å². The van der Waals surface area contributed by atoms with Crippen molar-refractivity contribution in [3.63, 3.8) is 0 Å². The molecule has 4 rings (SSSR count). The van der Waals surface area contributed by atoms with Gasteiger partial charge in [0.15, 0.2) is 22.3 Å². The van der Waals surface area contributed by atoms with E-state index in [4.69, 9.17) is 31.3 Å². The highest BCUT2D eigenvalue weighted by atomic mass is 35.5. The topological polar surface area (TPSA) is 128 Å². The van der Waals surface area contributed by atoms with Crippen molar-refractivity contribution < 1.29 is 47.2 Å². The number of halogens is 4. The van der Waals surface area contributed by atoms with Gasteiger partial charge in [0.2, 0.25) is 0 Å². The summed E-state index contributed by atoms with van der Waals surface area (Å²) in [5.41, 5.74) is -0.473. The first-order chi connectivity index (χ1) is 16.0. The molecular weight excluding hydrogens is 485 g/mol. The van der Waals surface area contributed by atoms with Crippen LogP contribution in [0, 0.1) is 11.8 Å². The number of aromatic carboxylic acids is 2. The summed E-state index contributed by atoms with van der Waals surface area (Å²) in [7, 11) is 0. The molecule has 0 bridgehead atoms. The summed E-state index contributed by atoms with van der Waals surface area (Å²) in [5.74, 6) is -2.18. The lowest BCUT2D eigenvalue weighted by Gasteiger charge is -2.13. The summed E-state index contributed by atoms with van der Waals surface area (Å²) in [4.78, 5) is 28.5. The van der Waals surface area contributed by atoms with Crippen molar-refractivity contribution in [2.75, 3.05) is 13.2 Å². The van der Waals surface area contributed by atoms with Crippen LogP contribution in [0.1, 0.15) is 46.7 Å². The van der Waals surface area contributed by atoms with E-state index in [-0.39, 0.29) is 23.4 Å². The van der Waals surface area contributed by atoms with Gasteiger partial charge < -0.3 is 24.4 Å². The molecule has 13 heteroatoms. The Hall–Kier alpha value is -3.28. The van der Waals surface area contributed by atoms with Crippen molar-refractivity contribution in [3.05, 3.63) is 40.8 Å². The normalized spacial score (nSPS) is 15.1. The first-order valence-corrected chi connectivity index (χ1v) is 10.5. The molecule has 184 valence electrons. The summed E-state index contributed by atoms with van der Waals surface area (Å²) in [6, 6.07) is 4.73. The van der Waals surface area contributed by atoms with Crippen LogP contribution >= 0.6 is 11.6 Å². The quantitative estimate of drug-likeness (QED) is 0.467. The van der Waals surface area contributed by atoms with Crippen LogP contribution in [0.15, 0.2) is 24.3 Å². The lowest BCUT2D eigenvalue weighted by atomic mass is 10.3. The summed E-state index contributed by atoms with van der Waals surface area (Å²) in [6.45, 7) is 0.831. The van der Waals surface area contributed by atoms with E-state index in [1.807, 2.05) is 0 Å². The van der Waals surface area contributed by atoms with Gasteiger partial charge in [-0.25, -0.2) is 19.6 Å². The molecule has 0 unspecified atom stereocenters. The average molecular weight is 505 g/mol. The van der Waals surface area contributed by atoms with Crippen molar-refractivity contribution in [1.82, 2.24) is 9.97 Å². The lowest BCUT2D eigenvalue weighted by Crippen LogP contribution is -2.18. The number of ether oxygens (including phenoxy) is 3. The minimum absolute atomic E-state index is 0.0706. The van der Waals surface area contributed by atoms with E-state index in [9.17, 15) is 22.8 Å². The second kappa shape index (κ2) is 10.8. The van der Waals surface area contributed by atoms with E-state index in [1.165, 1.54) is 18.9 Å². The largest absolute Gasteiger partial charge is 0.573 e. The number of nitrogens with zero attached hydrogens (tertiary/aromatic N) is 2. The van der Waals surface area contributed by atoms with E-state index in [0.717, 1.165) is 25.0 Å². The Morgan fingerprint density at radius 3 is 1.85 bits per heavy atom. The number of carboxylic acids is 2. The van der Waals surface area contributed by atoms with Crippen LogP contribution in [0.25, 0.3) is 0 Å². The number of aromatic nitrogens is 2. The van der Waals surface area contributed by atoms with Crippen LogP contribution in [0.4, 0.5) is 13.2 Å². The van der Waals surface area contributed by atoms with Crippen LogP contribution in [0.3, 0.4) is 0 Å². The molecule has 2 fully saturated rings.